The number of carbonyl (C=O) groups excluding carboxylic acids is 1. The number of fused-ring (bicyclic) bond motifs is 1. The number of esters is 1. The van der Waals surface area contributed by atoms with Crippen molar-refractivity contribution in [1.29, 1.82) is 5.26 Å². The second-order valence-corrected chi connectivity index (χ2v) is 9.55. The molecule has 2 aromatic heterocycles. The van der Waals surface area contributed by atoms with Crippen LogP contribution in [0.15, 0.2) is 65.7 Å². The summed E-state index contributed by atoms with van der Waals surface area (Å²) in [5.41, 5.74) is 1.08. The lowest BCUT2D eigenvalue weighted by molar-refractivity contribution is 0.0601. The van der Waals surface area contributed by atoms with Crippen molar-refractivity contribution < 1.29 is 17.9 Å². The molecule has 0 atom stereocenters. The van der Waals surface area contributed by atoms with E-state index in [-0.39, 0.29) is 43.8 Å². The third-order valence-electron chi connectivity index (χ3n) is 5.08. The fourth-order valence-electron chi connectivity index (χ4n) is 3.52. The van der Waals surface area contributed by atoms with Crippen LogP contribution in [0.2, 0.25) is 10.0 Å². The fourth-order valence-corrected chi connectivity index (χ4v) is 5.61. The van der Waals surface area contributed by atoms with Crippen LogP contribution in [0, 0.1) is 11.3 Å². The lowest BCUT2D eigenvalue weighted by Gasteiger charge is -2.14. The number of halogens is 2. The highest BCUT2D eigenvalue weighted by Gasteiger charge is 2.26. The number of hydrogen-bond donors (Lipinski definition) is 0. The van der Waals surface area contributed by atoms with Crippen molar-refractivity contribution in [2.24, 2.45) is 0 Å². The Balaban J connectivity index is 2.00. The number of nitriles is 1. The van der Waals surface area contributed by atoms with Crippen LogP contribution in [-0.4, -0.2) is 30.5 Å². The second-order valence-electron chi connectivity index (χ2n) is 6.98. The number of aromatic nitrogens is 2. The predicted octanol–water partition coefficient (Wildman–Crippen LogP) is 4.83. The van der Waals surface area contributed by atoms with Crippen molar-refractivity contribution in [2.75, 3.05) is 7.11 Å². The molecule has 0 saturated carbocycles. The third-order valence-corrected chi connectivity index (χ3v) is 7.63. The zero-order valence-corrected chi connectivity index (χ0v) is 19.4. The van der Waals surface area contributed by atoms with Gasteiger partial charge in [-0.25, -0.2) is 22.2 Å². The summed E-state index contributed by atoms with van der Waals surface area (Å²) in [5, 5.41) is 10.2. The average molecular weight is 500 g/mol. The normalized spacial score (nSPS) is 11.3. The van der Waals surface area contributed by atoms with Crippen LogP contribution in [0.1, 0.15) is 27.2 Å². The van der Waals surface area contributed by atoms with E-state index in [2.05, 4.69) is 11.1 Å². The van der Waals surface area contributed by atoms with Gasteiger partial charge in [0.1, 0.15) is 0 Å². The maximum absolute atomic E-state index is 13.6. The maximum atomic E-state index is 13.6. The minimum atomic E-state index is -4.09. The molecule has 2 aromatic carbocycles. The van der Waals surface area contributed by atoms with E-state index >= 15 is 0 Å². The van der Waals surface area contributed by atoms with E-state index in [1.165, 1.54) is 43.6 Å². The smallest absolute Gasteiger partial charge is 0.339 e. The molecule has 10 heteroatoms. The molecule has 0 saturated heterocycles. The maximum Gasteiger partial charge on any atom is 0.339 e. The Bertz CT molecular complexity index is 1540. The number of benzene rings is 2. The predicted molar refractivity (Wildman–Crippen MR) is 124 cm³/mol. The van der Waals surface area contributed by atoms with Crippen LogP contribution in [0.25, 0.3) is 11.0 Å². The lowest BCUT2D eigenvalue weighted by atomic mass is 10.1. The zero-order valence-electron chi connectivity index (χ0n) is 17.1. The Morgan fingerprint density at radius 1 is 1.15 bits per heavy atom. The van der Waals surface area contributed by atoms with Gasteiger partial charge in [0.2, 0.25) is 0 Å². The zero-order chi connectivity index (χ0) is 23.8. The van der Waals surface area contributed by atoms with Crippen LogP contribution >= 0.6 is 23.2 Å². The molecule has 2 heterocycles. The van der Waals surface area contributed by atoms with Crippen LogP contribution in [0.3, 0.4) is 0 Å². The molecular weight excluding hydrogens is 485 g/mol. The van der Waals surface area contributed by atoms with Crippen molar-refractivity contribution in [3.8, 4) is 6.07 Å². The number of hydrogen-bond acceptors (Lipinski definition) is 6. The van der Waals surface area contributed by atoms with Gasteiger partial charge in [-0.1, -0.05) is 41.4 Å². The van der Waals surface area contributed by atoms with Crippen LogP contribution in [-0.2, 0) is 21.2 Å². The van der Waals surface area contributed by atoms with Gasteiger partial charge in [-0.05, 0) is 42.0 Å². The molecule has 0 radical (unpaired) electrons. The number of carbonyl (C=O) groups is 1. The van der Waals surface area contributed by atoms with Gasteiger partial charge in [0.05, 0.1) is 34.2 Å². The minimum absolute atomic E-state index is 0.0458. The van der Waals surface area contributed by atoms with E-state index in [9.17, 15) is 18.5 Å². The summed E-state index contributed by atoms with van der Waals surface area (Å²) in [6, 6.07) is 15.9. The number of rotatable bonds is 5. The highest BCUT2D eigenvalue weighted by Crippen LogP contribution is 2.34. The molecule has 4 aromatic rings. The number of methoxy groups -OCH3 is 1. The van der Waals surface area contributed by atoms with Crippen molar-refractivity contribution >= 4 is 50.2 Å². The Morgan fingerprint density at radius 3 is 2.55 bits per heavy atom. The second kappa shape index (κ2) is 8.87. The average Bonchev–Trinajstić information content (AvgIpc) is 3.21. The topological polar surface area (TPSA) is 102 Å². The summed E-state index contributed by atoms with van der Waals surface area (Å²) in [5.74, 6) is -0.649. The van der Waals surface area contributed by atoms with Crippen LogP contribution < -0.4 is 0 Å². The van der Waals surface area contributed by atoms with Gasteiger partial charge in [0.15, 0.2) is 5.65 Å². The first-order valence-electron chi connectivity index (χ1n) is 9.54. The van der Waals surface area contributed by atoms with E-state index in [1.807, 2.05) is 0 Å². The van der Waals surface area contributed by atoms with Crippen molar-refractivity contribution in [3.63, 3.8) is 0 Å². The molecule has 0 fully saturated rings. The van der Waals surface area contributed by atoms with Gasteiger partial charge in [-0.3, -0.25) is 0 Å². The Labute approximate surface area is 199 Å². The molecule has 0 aliphatic rings. The van der Waals surface area contributed by atoms with E-state index in [1.54, 1.807) is 24.3 Å². The number of nitrogens with zero attached hydrogens (tertiary/aromatic N) is 3. The summed E-state index contributed by atoms with van der Waals surface area (Å²) in [6.07, 6.45) is 1.33. The van der Waals surface area contributed by atoms with E-state index in [4.69, 9.17) is 27.9 Å². The molecule has 0 aliphatic heterocycles. The van der Waals surface area contributed by atoms with Gasteiger partial charge >= 0.3 is 5.97 Å². The molecule has 0 N–H and O–H groups in total. The molecule has 33 heavy (non-hydrogen) atoms. The van der Waals surface area contributed by atoms with E-state index in [0.29, 0.717) is 10.9 Å². The van der Waals surface area contributed by atoms with Crippen molar-refractivity contribution in [1.82, 2.24) is 8.96 Å². The van der Waals surface area contributed by atoms with Gasteiger partial charge in [-0.15, -0.1) is 0 Å². The SMILES string of the molecule is COC(=O)c1ccc(Cl)c(Cc2cc3c(C#N)ccnc3n2S(=O)(=O)c2ccccc2)c1Cl. The standard InChI is InChI=1S/C23H15Cl2N3O4S/c1-32-23(29)17-7-8-20(24)19(21(17)25)12-15-11-18-14(13-26)9-10-27-22(18)28(15)33(30,31)16-5-3-2-4-6-16/h2-11H,12H2,1H3. The Hall–Kier alpha value is -3.38. The Morgan fingerprint density at radius 2 is 1.88 bits per heavy atom. The molecule has 7 nitrogen and oxygen atoms in total. The quantitative estimate of drug-likeness (QED) is 0.364. The van der Waals surface area contributed by atoms with Gasteiger partial charge in [0, 0.05) is 28.7 Å². The number of pyridine rings is 1. The van der Waals surface area contributed by atoms with Gasteiger partial charge in [-0.2, -0.15) is 5.26 Å². The molecule has 0 aliphatic carbocycles. The summed E-state index contributed by atoms with van der Waals surface area (Å²) >= 11 is 12.8. The summed E-state index contributed by atoms with van der Waals surface area (Å²) in [7, 11) is -2.86. The first kappa shape index (κ1) is 22.8. The molecule has 0 amide bonds. The first-order chi connectivity index (χ1) is 15.8. The first-order valence-corrected chi connectivity index (χ1v) is 11.7. The summed E-state index contributed by atoms with van der Waals surface area (Å²) < 4.78 is 33.1. The molecule has 166 valence electrons. The summed E-state index contributed by atoms with van der Waals surface area (Å²) in [6.45, 7) is 0. The fraction of sp³-hybridized carbons (Fsp3) is 0.0870. The van der Waals surface area contributed by atoms with E-state index in [0.717, 1.165) is 3.97 Å². The molecular formula is C23H15Cl2N3O4S. The monoisotopic (exact) mass is 499 g/mol. The number of ether oxygens (including phenoxy) is 1. The van der Waals surface area contributed by atoms with Gasteiger partial charge < -0.3 is 4.74 Å². The Kier molecular flexibility index (Phi) is 6.13. The van der Waals surface area contributed by atoms with Gasteiger partial charge in [0.25, 0.3) is 10.0 Å². The third kappa shape index (κ3) is 3.95. The molecule has 4 rings (SSSR count). The molecule has 0 spiro atoms. The largest absolute Gasteiger partial charge is 0.465 e. The van der Waals surface area contributed by atoms with Crippen LogP contribution in [0.5, 0.6) is 0 Å². The van der Waals surface area contributed by atoms with Crippen molar-refractivity contribution in [3.05, 3.63) is 93.2 Å². The molecule has 0 unspecified atom stereocenters. The van der Waals surface area contributed by atoms with Crippen molar-refractivity contribution in [2.45, 2.75) is 11.3 Å². The van der Waals surface area contributed by atoms with E-state index < -0.39 is 16.0 Å². The van der Waals surface area contributed by atoms with Crippen LogP contribution in [0.4, 0.5) is 0 Å². The highest BCUT2D eigenvalue weighted by molar-refractivity contribution is 7.90. The lowest BCUT2D eigenvalue weighted by Crippen LogP contribution is -2.17. The highest BCUT2D eigenvalue weighted by atomic mass is 35.5. The summed E-state index contributed by atoms with van der Waals surface area (Å²) in [4.78, 5) is 16.4. The molecule has 0 bridgehead atoms. The minimum Gasteiger partial charge on any atom is -0.465 e.